The summed E-state index contributed by atoms with van der Waals surface area (Å²) in [6.07, 6.45) is -0.486. The summed E-state index contributed by atoms with van der Waals surface area (Å²) in [6.45, 7) is 4.96. The number of esters is 1. The Hall–Kier alpha value is -1.75. The van der Waals surface area contributed by atoms with Crippen LogP contribution in [0.5, 0.6) is 11.5 Å². The molecule has 0 saturated carbocycles. The molecule has 0 saturated heterocycles. The highest BCUT2D eigenvalue weighted by Crippen LogP contribution is 2.36. The SMILES string of the molecule is CCOC(=O)C(O)c1cc(C)c2c(c1)OCCCO2. The molecule has 0 aromatic heterocycles. The number of benzene rings is 1. The summed E-state index contributed by atoms with van der Waals surface area (Å²) < 4.78 is 16.0. The van der Waals surface area contributed by atoms with Crippen LogP contribution in [0, 0.1) is 6.92 Å². The first-order valence-electron chi connectivity index (χ1n) is 6.38. The molecule has 19 heavy (non-hydrogen) atoms. The van der Waals surface area contributed by atoms with Crippen LogP contribution >= 0.6 is 0 Å². The van der Waals surface area contributed by atoms with Crippen LogP contribution in [0.1, 0.15) is 30.6 Å². The van der Waals surface area contributed by atoms with Gasteiger partial charge in [0.05, 0.1) is 19.8 Å². The minimum absolute atomic E-state index is 0.236. The molecule has 5 heteroatoms. The Morgan fingerprint density at radius 3 is 2.89 bits per heavy atom. The van der Waals surface area contributed by atoms with E-state index in [0.717, 1.165) is 12.0 Å². The highest BCUT2D eigenvalue weighted by atomic mass is 16.5. The molecule has 0 bridgehead atoms. The van der Waals surface area contributed by atoms with Crippen LogP contribution in [0.25, 0.3) is 0 Å². The third-order valence-corrected chi connectivity index (χ3v) is 2.88. The smallest absolute Gasteiger partial charge is 0.339 e. The van der Waals surface area contributed by atoms with Crippen molar-refractivity contribution in [3.63, 3.8) is 0 Å². The van der Waals surface area contributed by atoms with Crippen LogP contribution in [0.15, 0.2) is 12.1 Å². The average Bonchev–Trinajstić information content (AvgIpc) is 2.63. The zero-order valence-corrected chi connectivity index (χ0v) is 11.1. The summed E-state index contributed by atoms with van der Waals surface area (Å²) in [4.78, 5) is 11.5. The van der Waals surface area contributed by atoms with E-state index in [1.807, 2.05) is 6.92 Å². The topological polar surface area (TPSA) is 65.0 Å². The number of hydrogen-bond donors (Lipinski definition) is 1. The summed E-state index contributed by atoms with van der Waals surface area (Å²) in [7, 11) is 0. The van der Waals surface area contributed by atoms with Gasteiger partial charge in [-0.2, -0.15) is 0 Å². The average molecular weight is 266 g/mol. The standard InChI is InChI=1S/C14H18O5/c1-3-17-14(16)12(15)10-7-9(2)13-11(8-10)18-5-4-6-19-13/h7-8,12,15H,3-6H2,1-2H3. The number of ether oxygens (including phenoxy) is 3. The molecule has 0 radical (unpaired) electrons. The first-order chi connectivity index (χ1) is 9.13. The Bertz CT molecular complexity index is 469. The fourth-order valence-corrected chi connectivity index (χ4v) is 1.99. The van der Waals surface area contributed by atoms with Gasteiger partial charge in [-0.1, -0.05) is 0 Å². The molecular weight excluding hydrogens is 248 g/mol. The maximum atomic E-state index is 11.5. The first-order valence-corrected chi connectivity index (χ1v) is 6.38. The first kappa shape index (κ1) is 13.7. The molecule has 1 aliphatic rings. The molecule has 1 atom stereocenters. The van der Waals surface area contributed by atoms with E-state index in [9.17, 15) is 9.90 Å². The van der Waals surface area contributed by atoms with E-state index in [-0.39, 0.29) is 6.61 Å². The zero-order chi connectivity index (χ0) is 13.8. The molecule has 1 N–H and O–H groups in total. The van der Waals surface area contributed by atoms with Crippen LogP contribution in [-0.4, -0.2) is 30.9 Å². The lowest BCUT2D eigenvalue weighted by Crippen LogP contribution is -2.15. The molecule has 0 fully saturated rings. The molecule has 0 spiro atoms. The Balaban J connectivity index is 2.30. The number of fused-ring (bicyclic) bond motifs is 1. The Morgan fingerprint density at radius 2 is 2.16 bits per heavy atom. The number of carbonyl (C=O) groups is 1. The maximum absolute atomic E-state index is 11.5. The number of hydrogen-bond acceptors (Lipinski definition) is 5. The molecule has 1 aliphatic heterocycles. The number of aliphatic hydroxyl groups excluding tert-OH is 1. The van der Waals surface area contributed by atoms with Crippen molar-refractivity contribution in [2.45, 2.75) is 26.4 Å². The monoisotopic (exact) mass is 266 g/mol. The molecule has 1 unspecified atom stereocenters. The van der Waals surface area contributed by atoms with E-state index >= 15 is 0 Å². The van der Waals surface area contributed by atoms with Crippen LogP contribution in [0.4, 0.5) is 0 Å². The van der Waals surface area contributed by atoms with Gasteiger partial charge in [0, 0.05) is 6.42 Å². The Labute approximate surface area is 112 Å². The van der Waals surface area contributed by atoms with E-state index in [1.54, 1.807) is 19.1 Å². The number of aryl methyl sites for hydroxylation is 1. The van der Waals surface area contributed by atoms with Crippen molar-refractivity contribution in [1.29, 1.82) is 0 Å². The number of aliphatic hydroxyl groups is 1. The predicted octanol–water partition coefficient (Wildman–Crippen LogP) is 1.75. The van der Waals surface area contributed by atoms with Crippen molar-refractivity contribution in [2.24, 2.45) is 0 Å². The minimum atomic E-state index is -1.30. The Morgan fingerprint density at radius 1 is 1.42 bits per heavy atom. The molecule has 104 valence electrons. The maximum Gasteiger partial charge on any atom is 0.339 e. The van der Waals surface area contributed by atoms with Gasteiger partial charge in [-0.15, -0.1) is 0 Å². The van der Waals surface area contributed by atoms with Crippen molar-refractivity contribution < 1.29 is 24.1 Å². The van der Waals surface area contributed by atoms with Crippen molar-refractivity contribution in [1.82, 2.24) is 0 Å². The second kappa shape index (κ2) is 5.93. The molecule has 1 aromatic rings. The molecular formula is C14H18O5. The highest BCUT2D eigenvalue weighted by molar-refractivity contribution is 5.76. The van der Waals surface area contributed by atoms with Gasteiger partial charge in [0.25, 0.3) is 0 Å². The van der Waals surface area contributed by atoms with Crippen molar-refractivity contribution in [3.05, 3.63) is 23.3 Å². The van der Waals surface area contributed by atoms with Gasteiger partial charge < -0.3 is 19.3 Å². The van der Waals surface area contributed by atoms with Crippen LogP contribution in [0.3, 0.4) is 0 Å². The fraction of sp³-hybridized carbons (Fsp3) is 0.500. The molecule has 0 amide bonds. The summed E-state index contributed by atoms with van der Waals surface area (Å²) in [5, 5.41) is 9.95. The second-order valence-electron chi connectivity index (χ2n) is 4.37. The fourth-order valence-electron chi connectivity index (χ4n) is 1.99. The van der Waals surface area contributed by atoms with Gasteiger partial charge in [-0.05, 0) is 37.1 Å². The van der Waals surface area contributed by atoms with E-state index in [1.165, 1.54) is 0 Å². The second-order valence-corrected chi connectivity index (χ2v) is 4.37. The largest absolute Gasteiger partial charge is 0.490 e. The lowest BCUT2D eigenvalue weighted by Gasteiger charge is -2.15. The summed E-state index contributed by atoms with van der Waals surface area (Å²) in [6, 6.07) is 3.35. The Kier molecular flexibility index (Phi) is 4.27. The van der Waals surface area contributed by atoms with E-state index < -0.39 is 12.1 Å². The minimum Gasteiger partial charge on any atom is -0.490 e. The van der Waals surface area contributed by atoms with E-state index in [0.29, 0.717) is 30.3 Å². The van der Waals surface area contributed by atoms with Gasteiger partial charge in [-0.25, -0.2) is 4.79 Å². The summed E-state index contributed by atoms with van der Waals surface area (Å²) >= 11 is 0. The third kappa shape index (κ3) is 2.98. The lowest BCUT2D eigenvalue weighted by molar-refractivity contribution is -0.153. The van der Waals surface area contributed by atoms with Crippen LogP contribution in [-0.2, 0) is 9.53 Å². The lowest BCUT2D eigenvalue weighted by atomic mass is 10.0. The van der Waals surface area contributed by atoms with Crippen molar-refractivity contribution >= 4 is 5.97 Å². The molecule has 5 nitrogen and oxygen atoms in total. The van der Waals surface area contributed by atoms with Crippen molar-refractivity contribution in [3.8, 4) is 11.5 Å². The number of rotatable bonds is 3. The van der Waals surface area contributed by atoms with Gasteiger partial charge in [0.2, 0.25) is 0 Å². The summed E-state index contributed by atoms with van der Waals surface area (Å²) in [5.41, 5.74) is 1.29. The molecule has 2 rings (SSSR count). The van der Waals surface area contributed by atoms with Gasteiger partial charge in [-0.3, -0.25) is 0 Å². The van der Waals surface area contributed by atoms with Crippen LogP contribution in [0.2, 0.25) is 0 Å². The quantitative estimate of drug-likeness (QED) is 0.844. The van der Waals surface area contributed by atoms with E-state index in [2.05, 4.69) is 0 Å². The normalized spacial score (nSPS) is 15.5. The van der Waals surface area contributed by atoms with Gasteiger partial charge in [0.15, 0.2) is 17.6 Å². The van der Waals surface area contributed by atoms with E-state index in [4.69, 9.17) is 14.2 Å². The van der Waals surface area contributed by atoms with Crippen LogP contribution < -0.4 is 9.47 Å². The summed E-state index contributed by atoms with van der Waals surface area (Å²) in [5.74, 6) is 0.588. The molecule has 1 aromatic carbocycles. The zero-order valence-electron chi connectivity index (χ0n) is 11.1. The van der Waals surface area contributed by atoms with Gasteiger partial charge in [0.1, 0.15) is 0 Å². The third-order valence-electron chi connectivity index (χ3n) is 2.88. The molecule has 0 aliphatic carbocycles. The highest BCUT2D eigenvalue weighted by Gasteiger charge is 2.22. The number of carbonyl (C=O) groups excluding carboxylic acids is 1. The van der Waals surface area contributed by atoms with Gasteiger partial charge >= 0.3 is 5.97 Å². The van der Waals surface area contributed by atoms with Crippen molar-refractivity contribution in [2.75, 3.05) is 19.8 Å². The predicted molar refractivity (Wildman–Crippen MR) is 68.4 cm³/mol. The molecule has 1 heterocycles.